The van der Waals surface area contributed by atoms with Crippen LogP contribution >= 0.6 is 0 Å². The Hall–Kier alpha value is -2.70. The van der Waals surface area contributed by atoms with Gasteiger partial charge in [0.15, 0.2) is 0 Å². The van der Waals surface area contributed by atoms with Gasteiger partial charge in [0.1, 0.15) is 0 Å². The number of carbonyl (C=O) groups excluding carboxylic acids is 2. The van der Waals surface area contributed by atoms with Gasteiger partial charge in [-0.05, 0) is 12.8 Å². The summed E-state index contributed by atoms with van der Waals surface area (Å²) in [4.78, 5) is 29.3. The Kier molecular flexibility index (Phi) is 4.88. The van der Waals surface area contributed by atoms with Gasteiger partial charge < -0.3 is 15.2 Å². The maximum Gasteiger partial charge on any atom is 0.226 e. The molecule has 2 amide bonds. The molecule has 0 saturated carbocycles. The van der Waals surface area contributed by atoms with E-state index in [0.717, 1.165) is 5.56 Å². The molecule has 1 aromatic carbocycles. The molecule has 1 fully saturated rings. The van der Waals surface area contributed by atoms with Gasteiger partial charge in [-0.3, -0.25) is 9.59 Å². The van der Waals surface area contributed by atoms with Crippen LogP contribution in [0, 0.1) is 5.92 Å². The van der Waals surface area contributed by atoms with Crippen LogP contribution < -0.4 is 5.73 Å². The lowest BCUT2D eigenvalue weighted by molar-refractivity contribution is -0.130. The van der Waals surface area contributed by atoms with Crippen LogP contribution in [0.1, 0.15) is 25.2 Å². The average Bonchev–Trinajstić information content (AvgIpc) is 3.25. The molecule has 1 atom stereocenters. The van der Waals surface area contributed by atoms with Crippen LogP contribution in [0.15, 0.2) is 34.9 Å². The lowest BCUT2D eigenvalue weighted by Gasteiger charge is -2.15. The Balaban J connectivity index is 1.46. The summed E-state index contributed by atoms with van der Waals surface area (Å²) in [6, 6.07) is 9.59. The lowest BCUT2D eigenvalue weighted by atomic mass is 10.1. The van der Waals surface area contributed by atoms with Crippen LogP contribution in [0.3, 0.4) is 0 Å². The van der Waals surface area contributed by atoms with E-state index in [1.54, 1.807) is 4.90 Å². The van der Waals surface area contributed by atoms with E-state index in [2.05, 4.69) is 10.1 Å². The lowest BCUT2D eigenvalue weighted by Crippen LogP contribution is -2.31. The van der Waals surface area contributed by atoms with Gasteiger partial charge in [0.2, 0.25) is 23.5 Å². The molecule has 1 aromatic heterocycles. The maximum atomic E-state index is 12.1. The van der Waals surface area contributed by atoms with Crippen LogP contribution in [0.5, 0.6) is 0 Å². The molecule has 2 N–H and O–H groups in total. The average molecular weight is 328 g/mol. The zero-order chi connectivity index (χ0) is 16.9. The first kappa shape index (κ1) is 16.2. The van der Waals surface area contributed by atoms with Crippen molar-refractivity contribution in [2.45, 2.75) is 25.7 Å². The predicted molar refractivity (Wildman–Crippen MR) is 86.6 cm³/mol. The highest BCUT2D eigenvalue weighted by Gasteiger charge is 2.29. The number of amides is 2. The number of likely N-dealkylation sites (tertiary alicyclic amines) is 1. The van der Waals surface area contributed by atoms with Crippen molar-refractivity contribution >= 4 is 11.8 Å². The van der Waals surface area contributed by atoms with Gasteiger partial charge >= 0.3 is 0 Å². The number of aromatic nitrogens is 2. The number of nitrogens with zero attached hydrogens (tertiary/aromatic N) is 3. The molecular weight excluding hydrogens is 308 g/mol. The van der Waals surface area contributed by atoms with Gasteiger partial charge in [-0.15, -0.1) is 0 Å². The molecular formula is C17H20N4O3. The summed E-state index contributed by atoms with van der Waals surface area (Å²) in [6.07, 6.45) is 2.24. The highest BCUT2D eigenvalue weighted by atomic mass is 16.5. The molecule has 0 unspecified atom stereocenters. The molecule has 1 aliphatic rings. The Labute approximate surface area is 139 Å². The molecule has 7 nitrogen and oxygen atoms in total. The number of benzene rings is 1. The second-order valence-electron chi connectivity index (χ2n) is 5.96. The zero-order valence-corrected chi connectivity index (χ0v) is 13.4. The third-order valence-corrected chi connectivity index (χ3v) is 4.22. The molecule has 7 heteroatoms. The van der Waals surface area contributed by atoms with Crippen molar-refractivity contribution in [2.24, 2.45) is 11.7 Å². The fraction of sp³-hybridized carbons (Fsp3) is 0.412. The summed E-state index contributed by atoms with van der Waals surface area (Å²) in [5.41, 5.74) is 6.18. The number of primary amides is 1. The fourth-order valence-corrected chi connectivity index (χ4v) is 2.83. The van der Waals surface area contributed by atoms with Gasteiger partial charge in [-0.1, -0.05) is 35.5 Å². The molecule has 0 aliphatic carbocycles. The van der Waals surface area contributed by atoms with Gasteiger partial charge in [0.05, 0.1) is 5.92 Å². The van der Waals surface area contributed by atoms with Crippen molar-refractivity contribution in [1.29, 1.82) is 0 Å². The van der Waals surface area contributed by atoms with E-state index in [-0.39, 0.29) is 17.7 Å². The van der Waals surface area contributed by atoms with Crippen LogP contribution in [0.25, 0.3) is 11.4 Å². The zero-order valence-electron chi connectivity index (χ0n) is 13.4. The molecule has 1 aliphatic heterocycles. The minimum absolute atomic E-state index is 0.0431. The molecule has 0 spiro atoms. The molecule has 2 aromatic rings. The Bertz CT molecular complexity index is 714. The van der Waals surface area contributed by atoms with E-state index in [4.69, 9.17) is 10.3 Å². The number of aryl methyl sites for hydroxylation is 1. The number of carbonyl (C=O) groups is 2. The molecule has 24 heavy (non-hydrogen) atoms. The van der Waals surface area contributed by atoms with Crippen LogP contribution in [-0.4, -0.2) is 39.9 Å². The predicted octanol–water partition coefficient (Wildman–Crippen LogP) is 1.39. The number of hydrogen-bond acceptors (Lipinski definition) is 5. The summed E-state index contributed by atoms with van der Waals surface area (Å²) in [6.45, 7) is 1.04. The summed E-state index contributed by atoms with van der Waals surface area (Å²) in [5, 5.41) is 3.96. The second-order valence-corrected chi connectivity index (χ2v) is 5.96. The first-order valence-corrected chi connectivity index (χ1v) is 8.08. The van der Waals surface area contributed by atoms with Crippen molar-refractivity contribution in [3.05, 3.63) is 36.2 Å². The highest BCUT2D eigenvalue weighted by Crippen LogP contribution is 2.18. The van der Waals surface area contributed by atoms with E-state index >= 15 is 0 Å². The number of nitrogens with two attached hydrogens (primary N) is 1. The third kappa shape index (κ3) is 3.79. The van der Waals surface area contributed by atoms with Crippen molar-refractivity contribution in [2.75, 3.05) is 13.1 Å². The monoisotopic (exact) mass is 328 g/mol. The van der Waals surface area contributed by atoms with E-state index in [9.17, 15) is 9.59 Å². The molecule has 1 saturated heterocycles. The number of hydrogen-bond donors (Lipinski definition) is 1. The van der Waals surface area contributed by atoms with E-state index < -0.39 is 0 Å². The van der Waals surface area contributed by atoms with Crippen molar-refractivity contribution < 1.29 is 14.1 Å². The Morgan fingerprint density at radius 2 is 2.08 bits per heavy atom. The largest absolute Gasteiger partial charge is 0.369 e. The quantitative estimate of drug-likeness (QED) is 0.863. The summed E-state index contributed by atoms with van der Waals surface area (Å²) < 4.78 is 5.23. The fourth-order valence-electron chi connectivity index (χ4n) is 2.83. The van der Waals surface area contributed by atoms with Gasteiger partial charge in [-0.2, -0.15) is 4.98 Å². The minimum atomic E-state index is -0.329. The van der Waals surface area contributed by atoms with E-state index in [1.165, 1.54) is 0 Å². The smallest absolute Gasteiger partial charge is 0.226 e. The number of rotatable bonds is 6. The van der Waals surface area contributed by atoms with Crippen LogP contribution in [0.2, 0.25) is 0 Å². The second kappa shape index (κ2) is 7.25. The first-order chi connectivity index (χ1) is 11.6. The van der Waals surface area contributed by atoms with Gasteiger partial charge in [0.25, 0.3) is 0 Å². The van der Waals surface area contributed by atoms with Crippen LogP contribution in [-0.2, 0) is 16.0 Å². The van der Waals surface area contributed by atoms with Crippen molar-refractivity contribution in [3.63, 3.8) is 0 Å². The summed E-state index contributed by atoms with van der Waals surface area (Å²) in [5.74, 6) is 0.586. The highest BCUT2D eigenvalue weighted by molar-refractivity contribution is 5.81. The van der Waals surface area contributed by atoms with Gasteiger partial charge in [0, 0.05) is 31.5 Å². The van der Waals surface area contributed by atoms with Crippen LogP contribution in [0.4, 0.5) is 0 Å². The molecule has 3 rings (SSSR count). The molecule has 2 heterocycles. The SMILES string of the molecule is NC(=O)[C@@H]1CCN(C(=O)CCCc2nc(-c3ccccc3)no2)C1. The normalized spacial score (nSPS) is 17.2. The van der Waals surface area contributed by atoms with E-state index in [0.29, 0.717) is 50.5 Å². The topological polar surface area (TPSA) is 102 Å². The van der Waals surface area contributed by atoms with E-state index in [1.807, 2.05) is 30.3 Å². The summed E-state index contributed by atoms with van der Waals surface area (Å²) in [7, 11) is 0. The Morgan fingerprint density at radius 1 is 1.29 bits per heavy atom. The third-order valence-electron chi connectivity index (χ3n) is 4.22. The molecule has 0 radical (unpaired) electrons. The standard InChI is InChI=1S/C17H20N4O3/c18-16(23)13-9-10-21(11-13)15(22)8-4-7-14-19-17(20-24-14)12-5-2-1-3-6-12/h1-3,5-6,13H,4,7-11H2,(H2,18,23)/t13-/m1/s1. The Morgan fingerprint density at radius 3 is 2.79 bits per heavy atom. The molecule has 0 bridgehead atoms. The maximum absolute atomic E-state index is 12.1. The van der Waals surface area contributed by atoms with Gasteiger partial charge in [-0.25, -0.2) is 0 Å². The minimum Gasteiger partial charge on any atom is -0.369 e. The van der Waals surface area contributed by atoms with Crippen molar-refractivity contribution in [1.82, 2.24) is 15.0 Å². The first-order valence-electron chi connectivity index (χ1n) is 8.08. The summed E-state index contributed by atoms with van der Waals surface area (Å²) >= 11 is 0. The molecule has 126 valence electrons. The van der Waals surface area contributed by atoms with Crippen molar-refractivity contribution in [3.8, 4) is 11.4 Å².